The second-order valence-electron chi connectivity index (χ2n) is 10.5. The first-order chi connectivity index (χ1) is 20.5. The van der Waals surface area contributed by atoms with Crippen molar-refractivity contribution in [1.82, 2.24) is 0 Å². The average Bonchev–Trinajstić information content (AvgIpc) is 3.26. The highest BCUT2D eigenvalue weighted by Crippen LogP contribution is 2.43. The minimum atomic E-state index is -4.57. The van der Waals surface area contributed by atoms with E-state index in [9.17, 15) is 27.9 Å². The first-order valence-electron chi connectivity index (χ1n) is 13.5. The van der Waals surface area contributed by atoms with E-state index in [1.165, 1.54) is 0 Å². The lowest BCUT2D eigenvalue weighted by atomic mass is 9.94. The number of ketones is 1. The van der Waals surface area contributed by atoms with Crippen molar-refractivity contribution in [3.8, 4) is 5.75 Å². The molecule has 6 nitrogen and oxygen atoms in total. The molecule has 1 atom stereocenters. The van der Waals surface area contributed by atoms with Crippen molar-refractivity contribution in [2.75, 3.05) is 23.9 Å². The number of Topliss-reactive ketones (excluding diaryl/α,β-unsaturated/α-hetero) is 1. The molecule has 1 aliphatic heterocycles. The van der Waals surface area contributed by atoms with Gasteiger partial charge in [0, 0.05) is 31.0 Å². The average molecular weight is 587 g/mol. The molecule has 4 aromatic carbocycles. The summed E-state index contributed by atoms with van der Waals surface area (Å²) in [5.74, 6) is -1.71. The number of aliphatic hydroxyl groups is 1. The third kappa shape index (κ3) is 5.97. The Hall–Kier alpha value is -5.05. The molecule has 0 aliphatic carbocycles. The molecule has 1 N–H and O–H groups in total. The summed E-state index contributed by atoms with van der Waals surface area (Å²) in [6, 6.07) is 24.5. The Morgan fingerprint density at radius 2 is 1.56 bits per heavy atom. The van der Waals surface area contributed by atoms with E-state index in [1.54, 1.807) is 49.4 Å². The topological polar surface area (TPSA) is 70.1 Å². The van der Waals surface area contributed by atoms with E-state index < -0.39 is 35.2 Å². The van der Waals surface area contributed by atoms with Crippen molar-refractivity contribution < 1.29 is 32.6 Å². The summed E-state index contributed by atoms with van der Waals surface area (Å²) in [4.78, 5) is 29.9. The second-order valence-corrected chi connectivity index (χ2v) is 10.5. The number of aliphatic hydroxyl groups excluding tert-OH is 1. The van der Waals surface area contributed by atoms with Crippen LogP contribution in [0.5, 0.6) is 5.75 Å². The van der Waals surface area contributed by atoms with Gasteiger partial charge in [0.1, 0.15) is 18.1 Å². The van der Waals surface area contributed by atoms with E-state index in [4.69, 9.17) is 4.74 Å². The number of carbonyl (C=O) groups is 2. The first kappa shape index (κ1) is 29.4. The van der Waals surface area contributed by atoms with Crippen molar-refractivity contribution in [2.24, 2.45) is 0 Å². The van der Waals surface area contributed by atoms with Gasteiger partial charge >= 0.3 is 6.18 Å². The fraction of sp³-hybridized carbons (Fsp3) is 0.176. The van der Waals surface area contributed by atoms with Gasteiger partial charge in [0.05, 0.1) is 17.2 Å². The van der Waals surface area contributed by atoms with Crippen LogP contribution in [0.2, 0.25) is 0 Å². The molecule has 1 unspecified atom stereocenters. The molecule has 0 radical (unpaired) electrons. The van der Waals surface area contributed by atoms with E-state index in [0.717, 1.165) is 40.4 Å². The third-order valence-electron chi connectivity index (χ3n) is 7.33. The van der Waals surface area contributed by atoms with Crippen LogP contribution in [0.25, 0.3) is 5.76 Å². The maximum atomic E-state index is 13.5. The van der Waals surface area contributed by atoms with E-state index in [-0.39, 0.29) is 11.3 Å². The van der Waals surface area contributed by atoms with Crippen molar-refractivity contribution in [3.05, 3.63) is 130 Å². The van der Waals surface area contributed by atoms with Crippen LogP contribution in [-0.4, -0.2) is 30.9 Å². The molecule has 220 valence electrons. The molecule has 0 saturated carbocycles. The number of rotatable bonds is 7. The normalized spacial score (nSPS) is 16.4. The Labute approximate surface area is 247 Å². The van der Waals surface area contributed by atoms with Crippen LogP contribution in [0.4, 0.5) is 24.5 Å². The number of aryl methyl sites for hydroxylation is 1. The Bertz CT molecular complexity index is 1680. The van der Waals surface area contributed by atoms with E-state index in [1.807, 2.05) is 49.3 Å². The van der Waals surface area contributed by atoms with Gasteiger partial charge in [-0.2, -0.15) is 13.2 Å². The quantitative estimate of drug-likeness (QED) is 0.140. The monoisotopic (exact) mass is 586 g/mol. The van der Waals surface area contributed by atoms with Crippen molar-refractivity contribution >= 4 is 28.8 Å². The number of hydrogen-bond donors (Lipinski definition) is 1. The molecule has 5 rings (SSSR count). The maximum absolute atomic E-state index is 13.5. The summed E-state index contributed by atoms with van der Waals surface area (Å²) in [5, 5.41) is 11.5. The van der Waals surface area contributed by atoms with Crippen molar-refractivity contribution in [2.45, 2.75) is 25.7 Å². The molecule has 0 spiro atoms. The summed E-state index contributed by atoms with van der Waals surface area (Å²) in [6.45, 7) is 2.14. The highest BCUT2D eigenvalue weighted by atomic mass is 19.4. The highest BCUT2D eigenvalue weighted by Gasteiger charge is 2.47. The number of halogens is 3. The van der Waals surface area contributed by atoms with Crippen LogP contribution < -0.4 is 14.5 Å². The highest BCUT2D eigenvalue weighted by molar-refractivity contribution is 6.51. The van der Waals surface area contributed by atoms with Crippen LogP contribution in [0, 0.1) is 6.92 Å². The molecule has 1 amide bonds. The molecule has 1 heterocycles. The Kier molecular flexibility index (Phi) is 8.00. The van der Waals surface area contributed by atoms with Crippen LogP contribution in [0.15, 0.2) is 103 Å². The molecule has 0 bridgehead atoms. The zero-order valence-corrected chi connectivity index (χ0v) is 23.7. The number of benzene rings is 4. The van der Waals surface area contributed by atoms with Gasteiger partial charge in [-0.3, -0.25) is 14.5 Å². The van der Waals surface area contributed by atoms with Gasteiger partial charge in [0.15, 0.2) is 0 Å². The molecular weight excluding hydrogens is 557 g/mol. The number of ether oxygens (including phenoxy) is 1. The Balaban J connectivity index is 1.56. The number of nitrogens with zero attached hydrogens (tertiary/aromatic N) is 2. The number of amides is 1. The number of anilines is 2. The summed E-state index contributed by atoms with van der Waals surface area (Å²) < 4.78 is 45.7. The standard InChI is InChI=1S/C34H29F3N2O4/c1-21-19-24(11-18-28(21)43-20-22-7-5-4-6-8-22)31(40)29-30(23-9-14-26(15-10-23)38(2)3)39(33(42)32(29)41)27-16-12-25(13-17-27)34(35,36)37/h4-19,30,40H,20H2,1-3H3/b31-29-. The van der Waals surface area contributed by atoms with Crippen LogP contribution in [-0.2, 0) is 22.4 Å². The van der Waals surface area contributed by atoms with Gasteiger partial charge in [-0.15, -0.1) is 0 Å². The largest absolute Gasteiger partial charge is 0.507 e. The van der Waals surface area contributed by atoms with Crippen LogP contribution in [0.3, 0.4) is 0 Å². The van der Waals surface area contributed by atoms with Crippen molar-refractivity contribution in [3.63, 3.8) is 0 Å². The zero-order valence-electron chi connectivity index (χ0n) is 23.7. The lowest BCUT2D eigenvalue weighted by Crippen LogP contribution is -2.29. The molecular formula is C34H29F3N2O4. The fourth-order valence-electron chi connectivity index (χ4n) is 5.03. The number of alkyl halides is 3. The Morgan fingerprint density at radius 3 is 2.14 bits per heavy atom. The SMILES string of the molecule is Cc1cc(/C(O)=C2/C(=O)C(=O)N(c3ccc(C(F)(F)F)cc3)C2c2ccc(N(C)C)cc2)ccc1OCc1ccccc1. The minimum Gasteiger partial charge on any atom is -0.507 e. The molecule has 9 heteroatoms. The third-order valence-corrected chi connectivity index (χ3v) is 7.33. The second kappa shape index (κ2) is 11.7. The van der Waals surface area contributed by atoms with E-state index in [0.29, 0.717) is 29.0 Å². The predicted molar refractivity (Wildman–Crippen MR) is 159 cm³/mol. The lowest BCUT2D eigenvalue weighted by molar-refractivity contribution is -0.137. The Morgan fingerprint density at radius 1 is 0.907 bits per heavy atom. The van der Waals surface area contributed by atoms with Crippen LogP contribution >= 0.6 is 0 Å². The minimum absolute atomic E-state index is 0.0941. The zero-order chi connectivity index (χ0) is 30.9. The summed E-state index contributed by atoms with van der Waals surface area (Å²) in [5.41, 5.74) is 2.38. The van der Waals surface area contributed by atoms with E-state index in [2.05, 4.69) is 0 Å². The fourth-order valence-corrected chi connectivity index (χ4v) is 5.03. The molecule has 4 aromatic rings. The summed E-state index contributed by atoms with van der Waals surface area (Å²) >= 11 is 0. The van der Waals surface area contributed by atoms with Gasteiger partial charge in [-0.05, 0) is 78.2 Å². The molecule has 1 fully saturated rings. The van der Waals surface area contributed by atoms with Gasteiger partial charge in [-0.25, -0.2) is 0 Å². The van der Waals surface area contributed by atoms with Gasteiger partial charge < -0.3 is 14.7 Å². The smallest absolute Gasteiger partial charge is 0.416 e. The first-order valence-corrected chi connectivity index (χ1v) is 13.5. The molecule has 1 saturated heterocycles. The van der Waals surface area contributed by atoms with Gasteiger partial charge in [0.25, 0.3) is 11.7 Å². The van der Waals surface area contributed by atoms with Crippen LogP contribution in [0.1, 0.15) is 33.9 Å². The lowest BCUT2D eigenvalue weighted by Gasteiger charge is -2.26. The predicted octanol–water partition coefficient (Wildman–Crippen LogP) is 7.29. The van der Waals surface area contributed by atoms with Gasteiger partial charge in [-0.1, -0.05) is 42.5 Å². The van der Waals surface area contributed by atoms with E-state index >= 15 is 0 Å². The summed E-state index contributed by atoms with van der Waals surface area (Å²) in [6.07, 6.45) is -4.57. The summed E-state index contributed by atoms with van der Waals surface area (Å²) in [7, 11) is 3.72. The molecule has 0 aromatic heterocycles. The van der Waals surface area contributed by atoms with Crippen molar-refractivity contribution in [1.29, 1.82) is 0 Å². The van der Waals surface area contributed by atoms with Gasteiger partial charge in [0.2, 0.25) is 0 Å². The maximum Gasteiger partial charge on any atom is 0.416 e. The number of hydrogen-bond acceptors (Lipinski definition) is 5. The number of carbonyl (C=O) groups excluding carboxylic acids is 2. The molecule has 43 heavy (non-hydrogen) atoms. The molecule has 1 aliphatic rings.